The molecule has 0 saturated heterocycles. The Morgan fingerprint density at radius 1 is 1.23 bits per heavy atom. The minimum absolute atomic E-state index is 0.0697. The van der Waals surface area contributed by atoms with Gasteiger partial charge in [-0.3, -0.25) is 0 Å². The van der Waals surface area contributed by atoms with Crippen LogP contribution in [0, 0.1) is 11.8 Å². The molecule has 0 aliphatic rings. The topological polar surface area (TPSA) is 40.5 Å². The van der Waals surface area contributed by atoms with Gasteiger partial charge in [0.05, 0.1) is 5.60 Å². The molecule has 0 radical (unpaired) electrons. The average molecular weight is 188 g/mol. The van der Waals surface area contributed by atoms with Crippen LogP contribution in [0.5, 0.6) is 0 Å². The fourth-order valence-corrected chi connectivity index (χ4v) is 1.64. The molecule has 0 heterocycles. The second-order valence-electron chi connectivity index (χ2n) is 4.54. The summed E-state index contributed by atoms with van der Waals surface area (Å²) < 4.78 is 0. The number of aliphatic hydroxyl groups is 2. The molecule has 13 heavy (non-hydrogen) atoms. The zero-order valence-electron chi connectivity index (χ0n) is 9.38. The van der Waals surface area contributed by atoms with E-state index in [4.69, 9.17) is 5.11 Å². The van der Waals surface area contributed by atoms with Gasteiger partial charge in [-0.15, -0.1) is 0 Å². The first kappa shape index (κ1) is 12.9. The van der Waals surface area contributed by atoms with Gasteiger partial charge in [-0.25, -0.2) is 0 Å². The van der Waals surface area contributed by atoms with Crippen LogP contribution >= 0.6 is 0 Å². The molecular weight excluding hydrogens is 164 g/mol. The molecule has 0 aromatic carbocycles. The highest BCUT2D eigenvalue weighted by molar-refractivity contribution is 4.76. The molecule has 2 heteroatoms. The van der Waals surface area contributed by atoms with Crippen molar-refractivity contribution in [2.24, 2.45) is 11.8 Å². The van der Waals surface area contributed by atoms with E-state index in [9.17, 15) is 5.11 Å². The van der Waals surface area contributed by atoms with Crippen LogP contribution < -0.4 is 0 Å². The summed E-state index contributed by atoms with van der Waals surface area (Å²) in [4.78, 5) is 0. The van der Waals surface area contributed by atoms with Gasteiger partial charge in [0.1, 0.15) is 0 Å². The van der Waals surface area contributed by atoms with Crippen molar-refractivity contribution in [3.05, 3.63) is 0 Å². The van der Waals surface area contributed by atoms with Gasteiger partial charge in [0.2, 0.25) is 0 Å². The number of aliphatic hydroxyl groups excluding tert-OH is 1. The lowest BCUT2D eigenvalue weighted by molar-refractivity contribution is 0.00611. The predicted molar refractivity (Wildman–Crippen MR) is 55.6 cm³/mol. The maximum atomic E-state index is 9.87. The highest BCUT2D eigenvalue weighted by Gasteiger charge is 2.24. The molecule has 0 aliphatic heterocycles. The lowest BCUT2D eigenvalue weighted by Crippen LogP contribution is -2.29. The smallest absolute Gasteiger partial charge is 0.0644 e. The maximum Gasteiger partial charge on any atom is 0.0644 e. The molecule has 2 N–H and O–H groups in total. The van der Waals surface area contributed by atoms with Crippen molar-refractivity contribution in [1.82, 2.24) is 0 Å². The van der Waals surface area contributed by atoms with Crippen molar-refractivity contribution in [2.45, 2.75) is 52.6 Å². The Labute approximate surface area is 82.0 Å². The van der Waals surface area contributed by atoms with Crippen molar-refractivity contribution in [3.8, 4) is 0 Å². The zero-order chi connectivity index (χ0) is 10.5. The number of rotatable bonds is 6. The van der Waals surface area contributed by atoms with Gasteiger partial charge in [0.15, 0.2) is 0 Å². The van der Waals surface area contributed by atoms with E-state index in [1.54, 1.807) is 0 Å². The molecule has 0 aromatic heterocycles. The van der Waals surface area contributed by atoms with Crippen LogP contribution in [0.15, 0.2) is 0 Å². The Bertz CT molecular complexity index is 132. The Kier molecular flexibility index (Phi) is 5.57. The average Bonchev–Trinajstić information content (AvgIpc) is 2.01. The molecule has 3 unspecified atom stereocenters. The third-order valence-electron chi connectivity index (χ3n) is 3.03. The van der Waals surface area contributed by atoms with Crippen molar-refractivity contribution in [1.29, 1.82) is 0 Å². The molecule has 3 atom stereocenters. The summed E-state index contributed by atoms with van der Waals surface area (Å²) in [6, 6.07) is 0. The minimum atomic E-state index is -0.697. The van der Waals surface area contributed by atoms with E-state index in [-0.39, 0.29) is 6.61 Å². The van der Waals surface area contributed by atoms with Gasteiger partial charge < -0.3 is 10.2 Å². The third kappa shape index (κ3) is 5.27. The van der Waals surface area contributed by atoms with Gasteiger partial charge in [0.25, 0.3) is 0 Å². The van der Waals surface area contributed by atoms with E-state index in [2.05, 4.69) is 20.8 Å². The minimum Gasteiger partial charge on any atom is -0.396 e. The van der Waals surface area contributed by atoms with Crippen LogP contribution in [-0.4, -0.2) is 22.4 Å². The van der Waals surface area contributed by atoms with Crippen molar-refractivity contribution in [2.75, 3.05) is 6.61 Å². The highest BCUT2D eigenvalue weighted by atomic mass is 16.3. The van der Waals surface area contributed by atoms with Crippen LogP contribution in [0.3, 0.4) is 0 Å². The first-order valence-corrected chi connectivity index (χ1v) is 5.26. The van der Waals surface area contributed by atoms with Crippen LogP contribution in [-0.2, 0) is 0 Å². The van der Waals surface area contributed by atoms with E-state index in [1.165, 1.54) is 0 Å². The normalized spacial score (nSPS) is 20.8. The first-order valence-electron chi connectivity index (χ1n) is 5.26. The van der Waals surface area contributed by atoms with Crippen LogP contribution in [0.4, 0.5) is 0 Å². The van der Waals surface area contributed by atoms with Gasteiger partial charge in [-0.2, -0.15) is 0 Å². The second-order valence-corrected chi connectivity index (χ2v) is 4.54. The lowest BCUT2D eigenvalue weighted by atomic mass is 9.83. The number of hydrogen-bond donors (Lipinski definition) is 2. The van der Waals surface area contributed by atoms with E-state index in [0.717, 1.165) is 12.8 Å². The summed E-state index contributed by atoms with van der Waals surface area (Å²) in [5.74, 6) is 1.16. The number of hydrogen-bond acceptors (Lipinski definition) is 2. The summed E-state index contributed by atoms with van der Waals surface area (Å²) in [5, 5.41) is 18.6. The Hall–Kier alpha value is -0.0800. The van der Waals surface area contributed by atoms with Gasteiger partial charge in [-0.1, -0.05) is 27.2 Å². The maximum absolute atomic E-state index is 9.87. The summed E-state index contributed by atoms with van der Waals surface area (Å²) in [6.45, 7) is 8.42. The van der Waals surface area contributed by atoms with E-state index >= 15 is 0 Å². The molecule has 0 fully saturated rings. The lowest BCUT2D eigenvalue weighted by Gasteiger charge is -2.28. The van der Waals surface area contributed by atoms with Crippen LogP contribution in [0.1, 0.15) is 47.0 Å². The Balaban J connectivity index is 3.94. The summed E-state index contributed by atoms with van der Waals surface area (Å²) in [5.41, 5.74) is -0.697. The molecule has 0 aromatic rings. The monoisotopic (exact) mass is 188 g/mol. The third-order valence-corrected chi connectivity index (χ3v) is 3.03. The molecule has 0 saturated carbocycles. The van der Waals surface area contributed by atoms with E-state index in [0.29, 0.717) is 18.3 Å². The van der Waals surface area contributed by atoms with E-state index < -0.39 is 5.60 Å². The molecule has 80 valence electrons. The molecule has 0 amide bonds. The van der Waals surface area contributed by atoms with Crippen molar-refractivity contribution >= 4 is 0 Å². The molecule has 0 aliphatic carbocycles. The van der Waals surface area contributed by atoms with Gasteiger partial charge >= 0.3 is 0 Å². The fourth-order valence-electron chi connectivity index (χ4n) is 1.64. The second kappa shape index (κ2) is 5.61. The predicted octanol–water partition coefficient (Wildman–Crippen LogP) is 2.19. The summed E-state index contributed by atoms with van der Waals surface area (Å²) in [6.07, 6.45) is 2.41. The van der Waals surface area contributed by atoms with Crippen LogP contribution in [0.2, 0.25) is 0 Å². The van der Waals surface area contributed by atoms with E-state index in [1.807, 2.05) is 6.92 Å². The van der Waals surface area contributed by atoms with Crippen molar-refractivity contribution in [3.63, 3.8) is 0 Å². The largest absolute Gasteiger partial charge is 0.396 e. The van der Waals surface area contributed by atoms with Crippen LogP contribution in [0.25, 0.3) is 0 Å². The molecule has 2 nitrogen and oxygen atoms in total. The van der Waals surface area contributed by atoms with Crippen molar-refractivity contribution < 1.29 is 10.2 Å². The Morgan fingerprint density at radius 2 is 1.77 bits per heavy atom. The quantitative estimate of drug-likeness (QED) is 0.671. The fraction of sp³-hybridized carbons (Fsp3) is 1.00. The molecule has 0 rings (SSSR count). The van der Waals surface area contributed by atoms with Gasteiger partial charge in [-0.05, 0) is 31.6 Å². The molecular formula is C11H24O2. The van der Waals surface area contributed by atoms with Gasteiger partial charge in [0, 0.05) is 6.61 Å². The highest BCUT2D eigenvalue weighted by Crippen LogP contribution is 2.26. The standard InChI is InChI=1S/C11H24O2/c1-5-9(2)10(3)8-11(4,13)6-7-12/h9-10,12-13H,5-8H2,1-4H3. The first-order chi connectivity index (χ1) is 5.93. The SMILES string of the molecule is CCC(C)C(C)CC(C)(O)CCO. The molecule has 0 spiro atoms. The Morgan fingerprint density at radius 3 is 2.15 bits per heavy atom. The molecule has 0 bridgehead atoms. The summed E-state index contributed by atoms with van der Waals surface area (Å²) >= 11 is 0. The summed E-state index contributed by atoms with van der Waals surface area (Å²) in [7, 11) is 0. The zero-order valence-corrected chi connectivity index (χ0v) is 9.38.